The van der Waals surface area contributed by atoms with E-state index in [9.17, 15) is 0 Å². The van der Waals surface area contributed by atoms with Crippen LogP contribution in [0.3, 0.4) is 0 Å². The smallest absolute Gasteiger partial charge is 0.224 e. The zero-order valence-corrected chi connectivity index (χ0v) is 10.8. The number of aromatic nitrogens is 4. The average Bonchev–Trinajstić information content (AvgIpc) is 2.81. The van der Waals surface area contributed by atoms with E-state index in [0.717, 1.165) is 30.4 Å². The Kier molecular flexibility index (Phi) is 3.76. The van der Waals surface area contributed by atoms with Gasteiger partial charge in [0.15, 0.2) is 5.82 Å². The first-order chi connectivity index (χ1) is 8.81. The molecule has 0 fully saturated rings. The lowest BCUT2D eigenvalue weighted by molar-refractivity contribution is 0.399. The molecule has 18 heavy (non-hydrogen) atoms. The molecule has 1 N–H and O–H groups in total. The van der Waals surface area contributed by atoms with Crippen LogP contribution in [0.5, 0.6) is 5.88 Å². The Bertz CT molecular complexity index is 523. The second-order valence-electron chi connectivity index (χ2n) is 3.68. The van der Waals surface area contributed by atoms with Gasteiger partial charge in [0.1, 0.15) is 0 Å². The number of nitrogens with one attached hydrogen (secondary N) is 1. The highest BCUT2D eigenvalue weighted by atomic mass is 16.5. The van der Waals surface area contributed by atoms with Gasteiger partial charge in [0.2, 0.25) is 11.8 Å². The third-order valence-corrected chi connectivity index (χ3v) is 2.61. The number of nitrogens with zero attached hydrogens (tertiary/aromatic N) is 4. The fourth-order valence-electron chi connectivity index (χ4n) is 1.81. The van der Waals surface area contributed by atoms with E-state index in [-0.39, 0.29) is 0 Å². The third-order valence-electron chi connectivity index (χ3n) is 2.61. The summed E-state index contributed by atoms with van der Waals surface area (Å²) in [6.07, 6.45) is 1.69. The fraction of sp³-hybridized carbons (Fsp3) is 0.417. The minimum Gasteiger partial charge on any atom is -0.480 e. The van der Waals surface area contributed by atoms with Crippen molar-refractivity contribution in [3.05, 3.63) is 18.3 Å². The van der Waals surface area contributed by atoms with E-state index in [0.29, 0.717) is 5.88 Å². The molecule has 0 unspecified atom stereocenters. The highest BCUT2D eigenvalue weighted by molar-refractivity contribution is 5.63. The molecule has 2 aromatic rings. The molecule has 2 aromatic heterocycles. The predicted octanol–water partition coefficient (Wildman–Crippen LogP) is 1.80. The van der Waals surface area contributed by atoms with Crippen LogP contribution >= 0.6 is 0 Å². The van der Waals surface area contributed by atoms with E-state index in [1.807, 2.05) is 23.6 Å². The molecule has 0 saturated heterocycles. The van der Waals surface area contributed by atoms with Crippen LogP contribution in [0.15, 0.2) is 18.3 Å². The Balaban J connectivity index is 2.50. The maximum Gasteiger partial charge on any atom is 0.224 e. The zero-order chi connectivity index (χ0) is 13.0. The summed E-state index contributed by atoms with van der Waals surface area (Å²) >= 11 is 0. The number of pyridine rings is 1. The van der Waals surface area contributed by atoms with Gasteiger partial charge in [-0.3, -0.25) is 4.57 Å². The van der Waals surface area contributed by atoms with Crippen LogP contribution in [0, 0.1) is 0 Å². The molecule has 0 saturated carbocycles. The van der Waals surface area contributed by atoms with E-state index in [1.54, 1.807) is 13.3 Å². The van der Waals surface area contributed by atoms with Crippen molar-refractivity contribution in [2.24, 2.45) is 0 Å². The Labute approximate surface area is 106 Å². The summed E-state index contributed by atoms with van der Waals surface area (Å²) in [4.78, 5) is 4.18. The number of hydrogen-bond donors (Lipinski definition) is 1. The summed E-state index contributed by atoms with van der Waals surface area (Å²) in [5, 5.41) is 11.5. The molecule has 0 amide bonds. The van der Waals surface area contributed by atoms with E-state index in [4.69, 9.17) is 4.74 Å². The molecule has 0 spiro atoms. The van der Waals surface area contributed by atoms with Crippen molar-refractivity contribution in [3.63, 3.8) is 0 Å². The van der Waals surface area contributed by atoms with Crippen molar-refractivity contribution in [3.8, 4) is 17.3 Å². The standard InChI is InChI=1S/C12H17N5O/c1-4-13-12-16-15-10(17(12)5-2)9-7-6-8-14-11(9)18-3/h6-8H,4-5H2,1-3H3,(H,13,16). The first-order valence-electron chi connectivity index (χ1n) is 5.98. The van der Waals surface area contributed by atoms with Crippen molar-refractivity contribution in [2.75, 3.05) is 19.0 Å². The molecular weight excluding hydrogens is 230 g/mol. The van der Waals surface area contributed by atoms with Crippen LogP contribution in [0.4, 0.5) is 5.95 Å². The molecule has 0 atom stereocenters. The quantitative estimate of drug-likeness (QED) is 0.872. The summed E-state index contributed by atoms with van der Waals surface area (Å²) in [6, 6.07) is 3.79. The first kappa shape index (κ1) is 12.3. The summed E-state index contributed by atoms with van der Waals surface area (Å²) in [6.45, 7) is 5.67. The average molecular weight is 247 g/mol. The van der Waals surface area contributed by atoms with Crippen LogP contribution in [0.2, 0.25) is 0 Å². The molecule has 0 aliphatic carbocycles. The van der Waals surface area contributed by atoms with Crippen LogP contribution in [0.1, 0.15) is 13.8 Å². The highest BCUT2D eigenvalue weighted by Gasteiger charge is 2.16. The van der Waals surface area contributed by atoms with Gasteiger partial charge in [-0.15, -0.1) is 10.2 Å². The molecule has 0 radical (unpaired) electrons. The Hall–Kier alpha value is -2.11. The van der Waals surface area contributed by atoms with Gasteiger partial charge in [-0.25, -0.2) is 4.98 Å². The van der Waals surface area contributed by atoms with Crippen LogP contribution < -0.4 is 10.1 Å². The van der Waals surface area contributed by atoms with Gasteiger partial charge in [0.25, 0.3) is 0 Å². The van der Waals surface area contributed by atoms with Gasteiger partial charge >= 0.3 is 0 Å². The minimum atomic E-state index is 0.558. The Morgan fingerprint density at radius 3 is 2.83 bits per heavy atom. The van der Waals surface area contributed by atoms with Crippen molar-refractivity contribution < 1.29 is 4.74 Å². The molecular formula is C12H17N5O. The molecule has 0 aliphatic heterocycles. The van der Waals surface area contributed by atoms with E-state index < -0.39 is 0 Å². The first-order valence-corrected chi connectivity index (χ1v) is 5.98. The number of rotatable bonds is 5. The second-order valence-corrected chi connectivity index (χ2v) is 3.68. The largest absolute Gasteiger partial charge is 0.480 e. The van der Waals surface area contributed by atoms with Crippen LogP contribution in [0.25, 0.3) is 11.4 Å². The van der Waals surface area contributed by atoms with Gasteiger partial charge in [-0.1, -0.05) is 0 Å². The maximum atomic E-state index is 5.26. The van der Waals surface area contributed by atoms with E-state index in [2.05, 4.69) is 27.4 Å². The summed E-state index contributed by atoms with van der Waals surface area (Å²) in [5.41, 5.74) is 0.846. The highest BCUT2D eigenvalue weighted by Crippen LogP contribution is 2.27. The minimum absolute atomic E-state index is 0.558. The van der Waals surface area contributed by atoms with Gasteiger partial charge in [-0.2, -0.15) is 0 Å². The van der Waals surface area contributed by atoms with Crippen molar-refractivity contribution in [2.45, 2.75) is 20.4 Å². The zero-order valence-electron chi connectivity index (χ0n) is 10.8. The normalized spacial score (nSPS) is 10.4. The SMILES string of the molecule is CCNc1nnc(-c2cccnc2OC)n1CC. The van der Waals surface area contributed by atoms with Gasteiger partial charge in [0, 0.05) is 19.3 Å². The van der Waals surface area contributed by atoms with E-state index in [1.165, 1.54) is 0 Å². The molecule has 2 heterocycles. The molecule has 96 valence electrons. The molecule has 6 nitrogen and oxygen atoms in total. The topological polar surface area (TPSA) is 64.9 Å². The Morgan fingerprint density at radius 2 is 2.17 bits per heavy atom. The lowest BCUT2D eigenvalue weighted by Crippen LogP contribution is -2.07. The monoisotopic (exact) mass is 247 g/mol. The van der Waals surface area contributed by atoms with Crippen molar-refractivity contribution >= 4 is 5.95 Å². The third kappa shape index (κ3) is 2.13. The van der Waals surface area contributed by atoms with Crippen LogP contribution in [-0.2, 0) is 6.54 Å². The van der Waals surface area contributed by atoms with Gasteiger partial charge < -0.3 is 10.1 Å². The predicted molar refractivity (Wildman–Crippen MR) is 69.6 cm³/mol. The maximum absolute atomic E-state index is 5.26. The Morgan fingerprint density at radius 1 is 1.33 bits per heavy atom. The van der Waals surface area contributed by atoms with Gasteiger partial charge in [-0.05, 0) is 26.0 Å². The fourth-order valence-corrected chi connectivity index (χ4v) is 1.81. The van der Waals surface area contributed by atoms with Gasteiger partial charge in [0.05, 0.1) is 12.7 Å². The second kappa shape index (κ2) is 5.48. The molecule has 0 bridgehead atoms. The molecule has 6 heteroatoms. The molecule has 0 aromatic carbocycles. The van der Waals surface area contributed by atoms with Crippen molar-refractivity contribution in [1.29, 1.82) is 0 Å². The van der Waals surface area contributed by atoms with Crippen molar-refractivity contribution in [1.82, 2.24) is 19.7 Å². The number of methoxy groups -OCH3 is 1. The lowest BCUT2D eigenvalue weighted by Gasteiger charge is -2.09. The lowest BCUT2D eigenvalue weighted by atomic mass is 10.2. The van der Waals surface area contributed by atoms with E-state index >= 15 is 0 Å². The molecule has 0 aliphatic rings. The number of ether oxygens (including phenoxy) is 1. The summed E-state index contributed by atoms with van der Waals surface area (Å²) < 4.78 is 7.26. The summed E-state index contributed by atoms with van der Waals surface area (Å²) in [7, 11) is 1.60. The number of hydrogen-bond acceptors (Lipinski definition) is 5. The summed E-state index contributed by atoms with van der Waals surface area (Å²) in [5.74, 6) is 2.09. The molecule has 2 rings (SSSR count). The number of anilines is 1. The van der Waals surface area contributed by atoms with Crippen LogP contribution in [-0.4, -0.2) is 33.4 Å².